The number of nitrogens with zero attached hydrogens (tertiary/aromatic N) is 2. The molecule has 0 radical (unpaired) electrons. The van der Waals surface area contributed by atoms with Gasteiger partial charge in [-0.2, -0.15) is 4.39 Å². The first kappa shape index (κ1) is 14.0. The Bertz CT molecular complexity index is 493. The van der Waals surface area contributed by atoms with E-state index in [9.17, 15) is 23.7 Å². The van der Waals surface area contributed by atoms with Gasteiger partial charge in [0, 0.05) is 13.6 Å². The van der Waals surface area contributed by atoms with E-state index in [-0.39, 0.29) is 13.2 Å². The van der Waals surface area contributed by atoms with Gasteiger partial charge in [0.1, 0.15) is 5.82 Å². The summed E-state index contributed by atoms with van der Waals surface area (Å²) in [4.78, 5) is 22.0. The third-order valence-corrected chi connectivity index (χ3v) is 2.23. The molecule has 0 atom stereocenters. The van der Waals surface area contributed by atoms with Gasteiger partial charge < -0.3 is 10.0 Å². The largest absolute Gasteiger partial charge is 0.395 e. The number of rotatable bonds is 4. The standard InChI is InChI=1S/C10H10F2N2O4/c1-13(2-3-15)10(16)7-4-6(11)5-8(9(7)12)14(17)18/h4-5,15H,2-3H2,1H3. The number of benzene rings is 1. The molecule has 1 aromatic rings. The quantitative estimate of drug-likeness (QED) is 0.645. The van der Waals surface area contributed by atoms with Crippen LogP contribution in [0.5, 0.6) is 0 Å². The van der Waals surface area contributed by atoms with Gasteiger partial charge in [-0.25, -0.2) is 4.39 Å². The first-order valence-electron chi connectivity index (χ1n) is 4.88. The molecule has 0 fully saturated rings. The molecule has 1 aromatic carbocycles. The summed E-state index contributed by atoms with van der Waals surface area (Å²) in [6, 6.07) is 0.983. The summed E-state index contributed by atoms with van der Waals surface area (Å²) in [5.74, 6) is -3.41. The molecule has 1 rings (SSSR count). The van der Waals surface area contributed by atoms with Crippen molar-refractivity contribution in [1.82, 2.24) is 4.90 Å². The maximum atomic E-state index is 13.6. The average molecular weight is 260 g/mol. The van der Waals surface area contributed by atoms with Crippen LogP contribution in [0, 0.1) is 21.7 Å². The maximum Gasteiger partial charge on any atom is 0.308 e. The number of halogens is 2. The molecule has 0 heterocycles. The molecule has 1 N–H and O–H groups in total. The number of aliphatic hydroxyl groups is 1. The maximum absolute atomic E-state index is 13.6. The Morgan fingerprint density at radius 1 is 1.50 bits per heavy atom. The van der Waals surface area contributed by atoms with E-state index in [1.54, 1.807) is 0 Å². The van der Waals surface area contributed by atoms with Crippen LogP contribution >= 0.6 is 0 Å². The number of nitro benzene ring substituents is 1. The zero-order valence-corrected chi connectivity index (χ0v) is 9.39. The molecule has 1 amide bonds. The van der Waals surface area contributed by atoms with Gasteiger partial charge in [-0.1, -0.05) is 0 Å². The molecule has 18 heavy (non-hydrogen) atoms. The molecule has 8 heteroatoms. The minimum Gasteiger partial charge on any atom is -0.395 e. The van der Waals surface area contributed by atoms with Gasteiger partial charge in [0.25, 0.3) is 5.91 Å². The van der Waals surface area contributed by atoms with E-state index < -0.39 is 33.7 Å². The SMILES string of the molecule is CN(CCO)C(=O)c1cc(F)cc([N+](=O)[O-])c1F. The van der Waals surface area contributed by atoms with Crippen LogP contribution in [0.2, 0.25) is 0 Å². The molecular formula is C10H10F2N2O4. The van der Waals surface area contributed by atoms with Crippen molar-refractivity contribution in [3.8, 4) is 0 Å². The molecule has 0 aromatic heterocycles. The van der Waals surface area contributed by atoms with E-state index >= 15 is 0 Å². The zero-order chi connectivity index (χ0) is 13.9. The van der Waals surface area contributed by atoms with Crippen LogP contribution in [0.1, 0.15) is 10.4 Å². The highest BCUT2D eigenvalue weighted by Crippen LogP contribution is 2.23. The van der Waals surface area contributed by atoms with E-state index in [4.69, 9.17) is 5.11 Å². The minimum atomic E-state index is -1.39. The van der Waals surface area contributed by atoms with Gasteiger partial charge in [0.2, 0.25) is 5.82 Å². The molecule has 0 aliphatic rings. The Labute approximate surface area is 101 Å². The normalized spacial score (nSPS) is 10.2. The lowest BCUT2D eigenvalue weighted by molar-refractivity contribution is -0.387. The fraction of sp³-hybridized carbons (Fsp3) is 0.300. The molecule has 6 nitrogen and oxygen atoms in total. The number of carbonyl (C=O) groups excluding carboxylic acids is 1. The second-order valence-corrected chi connectivity index (χ2v) is 3.49. The lowest BCUT2D eigenvalue weighted by atomic mass is 10.1. The molecule has 0 saturated carbocycles. The molecule has 0 unspecified atom stereocenters. The molecule has 98 valence electrons. The number of nitro groups is 1. The molecule has 0 bridgehead atoms. The van der Waals surface area contributed by atoms with Crippen LogP contribution in [0.25, 0.3) is 0 Å². The topological polar surface area (TPSA) is 83.7 Å². The summed E-state index contributed by atoms with van der Waals surface area (Å²) in [6.45, 7) is -0.455. The smallest absolute Gasteiger partial charge is 0.308 e. The van der Waals surface area contributed by atoms with Gasteiger partial charge >= 0.3 is 5.69 Å². The number of hydrogen-bond acceptors (Lipinski definition) is 4. The van der Waals surface area contributed by atoms with Crippen molar-refractivity contribution in [3.63, 3.8) is 0 Å². The van der Waals surface area contributed by atoms with Gasteiger partial charge in [-0.15, -0.1) is 0 Å². The molecule has 0 spiro atoms. The molecule has 0 saturated heterocycles. The van der Waals surface area contributed by atoms with Crippen molar-refractivity contribution in [2.24, 2.45) is 0 Å². The number of aliphatic hydroxyl groups excluding tert-OH is 1. The van der Waals surface area contributed by atoms with Crippen molar-refractivity contribution < 1.29 is 23.6 Å². The molecular weight excluding hydrogens is 250 g/mol. The Balaban J connectivity index is 3.24. The van der Waals surface area contributed by atoms with Crippen molar-refractivity contribution in [2.75, 3.05) is 20.2 Å². The third-order valence-electron chi connectivity index (χ3n) is 2.23. The van der Waals surface area contributed by atoms with Gasteiger partial charge in [0.15, 0.2) is 0 Å². The lowest BCUT2D eigenvalue weighted by Gasteiger charge is -2.15. The summed E-state index contributed by atoms with van der Waals surface area (Å²) in [5, 5.41) is 19.1. The predicted octanol–water partition coefficient (Wildman–Crippen LogP) is 0.937. The fourth-order valence-corrected chi connectivity index (χ4v) is 1.32. The van der Waals surface area contributed by atoms with Crippen LogP contribution in [0.4, 0.5) is 14.5 Å². The summed E-state index contributed by atoms with van der Waals surface area (Å²) in [6.07, 6.45) is 0. The van der Waals surface area contributed by atoms with Crippen LogP contribution in [-0.4, -0.2) is 41.0 Å². The minimum absolute atomic E-state index is 0.0947. The number of hydrogen-bond donors (Lipinski definition) is 1. The second kappa shape index (κ2) is 5.50. The highest BCUT2D eigenvalue weighted by atomic mass is 19.1. The van der Waals surface area contributed by atoms with E-state index in [1.165, 1.54) is 7.05 Å². The van der Waals surface area contributed by atoms with Crippen LogP contribution in [0.15, 0.2) is 12.1 Å². The van der Waals surface area contributed by atoms with E-state index in [0.29, 0.717) is 12.1 Å². The Morgan fingerprint density at radius 3 is 2.61 bits per heavy atom. The lowest BCUT2D eigenvalue weighted by Crippen LogP contribution is -2.30. The Morgan fingerprint density at radius 2 is 2.11 bits per heavy atom. The highest BCUT2D eigenvalue weighted by Gasteiger charge is 2.25. The van der Waals surface area contributed by atoms with E-state index in [1.807, 2.05) is 0 Å². The molecule has 0 aliphatic heterocycles. The van der Waals surface area contributed by atoms with Gasteiger partial charge in [-0.05, 0) is 6.07 Å². The van der Waals surface area contributed by atoms with E-state index in [0.717, 1.165) is 4.90 Å². The van der Waals surface area contributed by atoms with Crippen LogP contribution in [0.3, 0.4) is 0 Å². The average Bonchev–Trinajstić information content (AvgIpc) is 2.30. The monoisotopic (exact) mass is 260 g/mol. The van der Waals surface area contributed by atoms with Crippen molar-refractivity contribution in [3.05, 3.63) is 39.4 Å². The fourth-order valence-electron chi connectivity index (χ4n) is 1.32. The van der Waals surface area contributed by atoms with Gasteiger partial charge in [-0.3, -0.25) is 14.9 Å². The van der Waals surface area contributed by atoms with Crippen molar-refractivity contribution in [2.45, 2.75) is 0 Å². The predicted molar refractivity (Wildman–Crippen MR) is 57.1 cm³/mol. The van der Waals surface area contributed by atoms with Crippen LogP contribution in [-0.2, 0) is 0 Å². The number of carbonyl (C=O) groups is 1. The number of likely N-dealkylation sites (N-methyl/N-ethyl adjacent to an activating group) is 1. The van der Waals surface area contributed by atoms with E-state index in [2.05, 4.69) is 0 Å². The Kier molecular flexibility index (Phi) is 4.27. The second-order valence-electron chi connectivity index (χ2n) is 3.49. The first-order chi connectivity index (χ1) is 8.38. The Hall–Kier alpha value is -2.09. The summed E-state index contributed by atoms with van der Waals surface area (Å²) in [7, 11) is 1.26. The van der Waals surface area contributed by atoms with Crippen molar-refractivity contribution >= 4 is 11.6 Å². The molecule has 0 aliphatic carbocycles. The summed E-state index contributed by atoms with van der Waals surface area (Å²) < 4.78 is 26.7. The number of amides is 1. The third kappa shape index (κ3) is 2.77. The van der Waals surface area contributed by atoms with Crippen LogP contribution < -0.4 is 0 Å². The summed E-state index contributed by atoms with van der Waals surface area (Å²) in [5.41, 5.74) is -1.84. The summed E-state index contributed by atoms with van der Waals surface area (Å²) >= 11 is 0. The van der Waals surface area contributed by atoms with Gasteiger partial charge in [0.05, 0.1) is 23.2 Å². The first-order valence-corrected chi connectivity index (χ1v) is 4.88. The highest BCUT2D eigenvalue weighted by molar-refractivity contribution is 5.95. The zero-order valence-electron chi connectivity index (χ0n) is 9.39. The van der Waals surface area contributed by atoms with Crippen molar-refractivity contribution in [1.29, 1.82) is 0 Å².